The van der Waals surface area contributed by atoms with E-state index in [4.69, 9.17) is 11.6 Å². The lowest BCUT2D eigenvalue weighted by molar-refractivity contribution is 0.138. The number of hydrogen-bond donors (Lipinski definition) is 1. The van der Waals surface area contributed by atoms with Gasteiger partial charge in [-0.1, -0.05) is 25.4 Å². The molecule has 5 nitrogen and oxygen atoms in total. The normalized spacial score (nSPS) is 24.0. The lowest BCUT2D eigenvalue weighted by Crippen LogP contribution is -2.31. The Kier molecular flexibility index (Phi) is 3.56. The Hall–Kier alpha value is -1.36. The van der Waals surface area contributed by atoms with Crippen molar-refractivity contribution < 1.29 is 9.90 Å². The standard InChI is InChI=1S/C15H20ClN3O2/c1-15(2)6-5-10-9(8-15)12(16)18-13(17-10)11-4-3-7-19(11)14(20)21/h11H,3-8H2,1-2H3,(H,20,21)/t11-/m0/s1. The molecule has 1 fully saturated rings. The zero-order valence-electron chi connectivity index (χ0n) is 12.4. The number of carbonyl (C=O) groups is 1. The molecule has 1 aliphatic heterocycles. The average Bonchev–Trinajstić information content (AvgIpc) is 2.88. The second-order valence-corrected chi connectivity index (χ2v) is 7.13. The van der Waals surface area contributed by atoms with Gasteiger partial charge in [0, 0.05) is 17.8 Å². The molecule has 21 heavy (non-hydrogen) atoms. The smallest absolute Gasteiger partial charge is 0.407 e. The van der Waals surface area contributed by atoms with Gasteiger partial charge in [0.2, 0.25) is 0 Å². The number of carboxylic acid groups (broad SMARTS) is 1. The quantitative estimate of drug-likeness (QED) is 0.807. The molecule has 6 heteroatoms. The van der Waals surface area contributed by atoms with Crippen LogP contribution in [0.5, 0.6) is 0 Å². The van der Waals surface area contributed by atoms with Crippen LogP contribution in [-0.4, -0.2) is 32.6 Å². The Morgan fingerprint density at radius 1 is 1.43 bits per heavy atom. The number of aromatic nitrogens is 2. The summed E-state index contributed by atoms with van der Waals surface area (Å²) < 4.78 is 0. The summed E-state index contributed by atoms with van der Waals surface area (Å²) in [6, 6.07) is -0.250. The molecule has 0 unspecified atom stereocenters. The van der Waals surface area contributed by atoms with Crippen LogP contribution >= 0.6 is 11.6 Å². The van der Waals surface area contributed by atoms with E-state index >= 15 is 0 Å². The van der Waals surface area contributed by atoms with Gasteiger partial charge in [-0.3, -0.25) is 4.90 Å². The number of hydrogen-bond acceptors (Lipinski definition) is 3. The van der Waals surface area contributed by atoms with Crippen LogP contribution in [0, 0.1) is 5.41 Å². The molecule has 0 aromatic carbocycles. The summed E-state index contributed by atoms with van der Waals surface area (Å²) >= 11 is 6.36. The fourth-order valence-corrected chi connectivity index (χ4v) is 3.60. The van der Waals surface area contributed by atoms with Gasteiger partial charge in [0.15, 0.2) is 5.82 Å². The molecule has 1 atom stereocenters. The molecule has 0 spiro atoms. The minimum atomic E-state index is -0.906. The summed E-state index contributed by atoms with van der Waals surface area (Å²) in [5.74, 6) is 0.568. The van der Waals surface area contributed by atoms with E-state index in [2.05, 4.69) is 23.8 Å². The van der Waals surface area contributed by atoms with E-state index in [1.165, 1.54) is 4.90 Å². The van der Waals surface area contributed by atoms with E-state index in [9.17, 15) is 9.90 Å². The molecule has 0 radical (unpaired) electrons. The van der Waals surface area contributed by atoms with Crippen molar-refractivity contribution >= 4 is 17.7 Å². The van der Waals surface area contributed by atoms with Crippen molar-refractivity contribution in [3.8, 4) is 0 Å². The number of fused-ring (bicyclic) bond motifs is 1. The van der Waals surface area contributed by atoms with Crippen LogP contribution < -0.4 is 0 Å². The molecule has 1 amide bonds. The van der Waals surface area contributed by atoms with Crippen molar-refractivity contribution in [2.75, 3.05) is 6.54 Å². The Labute approximate surface area is 129 Å². The lowest BCUT2D eigenvalue weighted by Gasteiger charge is -2.31. The number of aryl methyl sites for hydroxylation is 1. The van der Waals surface area contributed by atoms with Gasteiger partial charge in [0.05, 0.1) is 6.04 Å². The maximum absolute atomic E-state index is 11.3. The Morgan fingerprint density at radius 2 is 2.19 bits per heavy atom. The molecule has 1 N–H and O–H groups in total. The van der Waals surface area contributed by atoms with Gasteiger partial charge in [0.1, 0.15) is 5.15 Å². The minimum absolute atomic E-state index is 0.224. The van der Waals surface area contributed by atoms with Crippen molar-refractivity contribution in [2.24, 2.45) is 5.41 Å². The minimum Gasteiger partial charge on any atom is -0.465 e. The maximum atomic E-state index is 11.3. The monoisotopic (exact) mass is 309 g/mol. The molecule has 1 aromatic heterocycles. The van der Waals surface area contributed by atoms with E-state index in [-0.39, 0.29) is 11.5 Å². The third-order valence-corrected chi connectivity index (χ3v) is 4.86. The Balaban J connectivity index is 1.96. The van der Waals surface area contributed by atoms with Crippen molar-refractivity contribution in [1.82, 2.24) is 14.9 Å². The fraction of sp³-hybridized carbons (Fsp3) is 0.667. The fourth-order valence-electron chi connectivity index (χ4n) is 3.34. The highest BCUT2D eigenvalue weighted by Gasteiger charge is 2.34. The van der Waals surface area contributed by atoms with Gasteiger partial charge in [-0.05, 0) is 37.5 Å². The summed E-state index contributed by atoms with van der Waals surface area (Å²) in [7, 11) is 0. The van der Waals surface area contributed by atoms with Crippen LogP contribution in [0.3, 0.4) is 0 Å². The molecule has 3 rings (SSSR count). The maximum Gasteiger partial charge on any atom is 0.407 e. The van der Waals surface area contributed by atoms with E-state index in [0.717, 1.165) is 43.4 Å². The zero-order chi connectivity index (χ0) is 15.2. The van der Waals surface area contributed by atoms with Gasteiger partial charge in [-0.15, -0.1) is 0 Å². The number of likely N-dealkylation sites (tertiary alicyclic amines) is 1. The average molecular weight is 310 g/mol. The third-order valence-electron chi connectivity index (χ3n) is 4.55. The van der Waals surface area contributed by atoms with Gasteiger partial charge in [-0.25, -0.2) is 14.8 Å². The number of halogens is 1. The number of amides is 1. The number of rotatable bonds is 1. The van der Waals surface area contributed by atoms with Crippen LogP contribution in [0.2, 0.25) is 5.15 Å². The van der Waals surface area contributed by atoms with E-state index in [0.29, 0.717) is 17.5 Å². The first-order chi connectivity index (χ1) is 9.87. The molecule has 1 saturated heterocycles. The highest BCUT2D eigenvalue weighted by Crippen LogP contribution is 2.38. The van der Waals surface area contributed by atoms with Crippen LogP contribution in [-0.2, 0) is 12.8 Å². The third kappa shape index (κ3) is 2.71. The van der Waals surface area contributed by atoms with Gasteiger partial charge < -0.3 is 5.11 Å². The molecular weight excluding hydrogens is 290 g/mol. The Morgan fingerprint density at radius 3 is 2.90 bits per heavy atom. The van der Waals surface area contributed by atoms with Crippen LogP contribution in [0.4, 0.5) is 4.79 Å². The summed E-state index contributed by atoms with van der Waals surface area (Å²) in [6.07, 6.45) is 3.55. The van der Waals surface area contributed by atoms with Crippen molar-refractivity contribution in [1.29, 1.82) is 0 Å². The molecule has 1 aliphatic carbocycles. The zero-order valence-corrected chi connectivity index (χ0v) is 13.2. The van der Waals surface area contributed by atoms with Crippen LogP contribution in [0.25, 0.3) is 0 Å². The highest BCUT2D eigenvalue weighted by atomic mass is 35.5. The summed E-state index contributed by atoms with van der Waals surface area (Å²) in [5, 5.41) is 9.76. The Bertz CT molecular complexity index is 589. The largest absolute Gasteiger partial charge is 0.465 e. The molecule has 0 bridgehead atoms. The van der Waals surface area contributed by atoms with Crippen LogP contribution in [0.1, 0.15) is 56.2 Å². The van der Waals surface area contributed by atoms with Crippen LogP contribution in [0.15, 0.2) is 0 Å². The molecular formula is C15H20ClN3O2. The lowest BCUT2D eigenvalue weighted by atomic mass is 9.76. The predicted octanol–water partition coefficient (Wildman–Crippen LogP) is 3.46. The second kappa shape index (κ2) is 5.13. The van der Waals surface area contributed by atoms with E-state index < -0.39 is 6.09 Å². The van der Waals surface area contributed by atoms with Gasteiger partial charge in [0.25, 0.3) is 0 Å². The van der Waals surface area contributed by atoms with Gasteiger partial charge >= 0.3 is 6.09 Å². The summed E-state index contributed by atoms with van der Waals surface area (Å²) in [4.78, 5) is 21.8. The van der Waals surface area contributed by atoms with Crippen molar-refractivity contribution in [2.45, 2.75) is 52.0 Å². The first-order valence-corrected chi connectivity index (χ1v) is 7.80. The molecule has 114 valence electrons. The van der Waals surface area contributed by atoms with E-state index in [1.54, 1.807) is 0 Å². The van der Waals surface area contributed by atoms with Crippen molar-refractivity contribution in [3.05, 3.63) is 22.2 Å². The van der Waals surface area contributed by atoms with E-state index in [1.807, 2.05) is 0 Å². The molecule has 0 saturated carbocycles. The van der Waals surface area contributed by atoms with Crippen molar-refractivity contribution in [3.63, 3.8) is 0 Å². The molecule has 2 heterocycles. The first kappa shape index (κ1) is 14.6. The molecule has 1 aromatic rings. The number of nitrogens with zero attached hydrogens (tertiary/aromatic N) is 3. The second-order valence-electron chi connectivity index (χ2n) is 6.77. The predicted molar refractivity (Wildman–Crippen MR) is 79.6 cm³/mol. The topological polar surface area (TPSA) is 66.3 Å². The molecule has 2 aliphatic rings. The summed E-state index contributed by atoms with van der Waals surface area (Å²) in [5.41, 5.74) is 2.26. The van der Waals surface area contributed by atoms with Gasteiger partial charge in [-0.2, -0.15) is 0 Å². The first-order valence-electron chi connectivity index (χ1n) is 7.42. The summed E-state index contributed by atoms with van der Waals surface area (Å²) in [6.45, 7) is 5.00. The SMILES string of the molecule is CC1(C)CCc2nc([C@@H]3CCCN3C(=O)O)nc(Cl)c2C1. The highest BCUT2D eigenvalue weighted by molar-refractivity contribution is 6.30.